The molecule has 75 heavy (non-hydrogen) atoms. The molecule has 0 radical (unpaired) electrons. The van der Waals surface area contributed by atoms with Crippen LogP contribution in [0.1, 0.15) is 265 Å². The van der Waals surface area contributed by atoms with Gasteiger partial charge < -0.3 is 14.2 Å². The van der Waals surface area contributed by atoms with Crippen LogP contribution in [0.4, 0.5) is 0 Å². The van der Waals surface area contributed by atoms with Gasteiger partial charge in [0.05, 0.1) is 0 Å². The Kier molecular flexibility index (Phi) is 58.4. The Bertz CT molecular complexity index is 1620. The molecule has 424 valence electrons. The molecular formula is C69H112O6. The minimum atomic E-state index is -0.808. The number of hydrogen-bond donors (Lipinski definition) is 0. The lowest BCUT2D eigenvalue weighted by Crippen LogP contribution is -2.30. The molecule has 0 rings (SSSR count). The SMILES string of the molecule is CC/C=C\C/C=C\C/C=C\C/C=C\C/C=C\C/C=C\CCCCCCC(=O)OCC(COC(=O)CCCCCCC/C=C\C/C=C\CCCCC)OC(=O)CCCCCCCC/C=C\C/C=C\C/C=C\CCCCC. The predicted octanol–water partition coefficient (Wildman–Crippen LogP) is 21.0. The van der Waals surface area contributed by atoms with Gasteiger partial charge >= 0.3 is 17.9 Å². The first kappa shape index (κ1) is 70.5. The number of esters is 3. The van der Waals surface area contributed by atoms with Gasteiger partial charge in [0.1, 0.15) is 13.2 Å². The molecule has 6 nitrogen and oxygen atoms in total. The summed E-state index contributed by atoms with van der Waals surface area (Å²) >= 11 is 0. The summed E-state index contributed by atoms with van der Waals surface area (Å²) in [6, 6.07) is 0. The molecule has 0 saturated carbocycles. The minimum absolute atomic E-state index is 0.103. The maximum Gasteiger partial charge on any atom is 0.306 e. The van der Waals surface area contributed by atoms with Crippen molar-refractivity contribution in [1.29, 1.82) is 0 Å². The molecule has 0 aliphatic heterocycles. The molecule has 1 unspecified atom stereocenters. The van der Waals surface area contributed by atoms with Crippen LogP contribution in [0.3, 0.4) is 0 Å². The van der Waals surface area contributed by atoms with Crippen LogP contribution in [0.25, 0.3) is 0 Å². The molecule has 0 aromatic rings. The van der Waals surface area contributed by atoms with Crippen LogP contribution in [0.5, 0.6) is 0 Å². The van der Waals surface area contributed by atoms with E-state index < -0.39 is 6.10 Å². The fourth-order valence-electron chi connectivity index (χ4n) is 8.01. The highest BCUT2D eigenvalue weighted by Gasteiger charge is 2.19. The number of carbonyl (C=O) groups excluding carboxylic acids is 3. The van der Waals surface area contributed by atoms with E-state index in [4.69, 9.17) is 14.2 Å². The predicted molar refractivity (Wildman–Crippen MR) is 325 cm³/mol. The number of hydrogen-bond acceptors (Lipinski definition) is 6. The fourth-order valence-corrected chi connectivity index (χ4v) is 8.01. The Hall–Kier alpha value is -4.45. The Morgan fingerprint density at radius 3 is 0.813 bits per heavy atom. The van der Waals surface area contributed by atoms with Crippen molar-refractivity contribution in [3.05, 3.63) is 134 Å². The summed E-state index contributed by atoms with van der Waals surface area (Å²) in [7, 11) is 0. The van der Waals surface area contributed by atoms with Gasteiger partial charge in [0.15, 0.2) is 6.10 Å². The highest BCUT2D eigenvalue weighted by Crippen LogP contribution is 2.14. The number of allylic oxidation sites excluding steroid dienone is 22. The van der Waals surface area contributed by atoms with Crippen molar-refractivity contribution in [2.24, 2.45) is 0 Å². The highest BCUT2D eigenvalue weighted by atomic mass is 16.6. The van der Waals surface area contributed by atoms with Gasteiger partial charge in [0.25, 0.3) is 0 Å². The monoisotopic (exact) mass is 1040 g/mol. The van der Waals surface area contributed by atoms with E-state index in [1.807, 2.05) is 0 Å². The first-order chi connectivity index (χ1) is 37.0. The number of rotatable bonds is 54. The maximum atomic E-state index is 12.9. The summed E-state index contributed by atoms with van der Waals surface area (Å²) in [4.78, 5) is 38.3. The van der Waals surface area contributed by atoms with Crippen LogP contribution in [-0.2, 0) is 28.6 Å². The minimum Gasteiger partial charge on any atom is -0.462 e. The number of unbranched alkanes of at least 4 members (excludes halogenated alkanes) is 21. The van der Waals surface area contributed by atoms with Gasteiger partial charge in [0, 0.05) is 19.3 Å². The van der Waals surface area contributed by atoms with Crippen molar-refractivity contribution in [2.75, 3.05) is 13.2 Å². The van der Waals surface area contributed by atoms with Crippen molar-refractivity contribution in [3.8, 4) is 0 Å². The number of carbonyl (C=O) groups is 3. The molecule has 0 aromatic heterocycles. The maximum absolute atomic E-state index is 12.9. The zero-order valence-corrected chi connectivity index (χ0v) is 48.5. The highest BCUT2D eigenvalue weighted by molar-refractivity contribution is 5.71. The molecule has 1 atom stereocenters. The molecule has 0 aromatic carbocycles. The van der Waals surface area contributed by atoms with E-state index >= 15 is 0 Å². The van der Waals surface area contributed by atoms with Crippen LogP contribution in [0.15, 0.2) is 134 Å². The van der Waals surface area contributed by atoms with Crippen molar-refractivity contribution in [1.82, 2.24) is 0 Å². The molecule has 0 saturated heterocycles. The summed E-state index contributed by atoms with van der Waals surface area (Å²) < 4.78 is 16.9. The molecule has 0 N–H and O–H groups in total. The summed E-state index contributed by atoms with van der Waals surface area (Å²) in [5, 5.41) is 0. The quantitative estimate of drug-likeness (QED) is 0.0261. The van der Waals surface area contributed by atoms with E-state index in [0.717, 1.165) is 161 Å². The van der Waals surface area contributed by atoms with E-state index in [0.29, 0.717) is 19.3 Å². The zero-order valence-electron chi connectivity index (χ0n) is 48.5. The molecule has 0 fully saturated rings. The van der Waals surface area contributed by atoms with Crippen molar-refractivity contribution in [3.63, 3.8) is 0 Å². The second-order valence-electron chi connectivity index (χ2n) is 19.9. The van der Waals surface area contributed by atoms with Crippen LogP contribution in [0, 0.1) is 0 Å². The fraction of sp³-hybridized carbons (Fsp3) is 0.638. The molecule has 0 aliphatic rings. The first-order valence-corrected chi connectivity index (χ1v) is 30.7. The van der Waals surface area contributed by atoms with Crippen LogP contribution in [0.2, 0.25) is 0 Å². The molecule has 0 aliphatic carbocycles. The van der Waals surface area contributed by atoms with E-state index in [9.17, 15) is 14.4 Å². The average molecular weight is 1040 g/mol. The van der Waals surface area contributed by atoms with E-state index in [-0.39, 0.29) is 31.1 Å². The average Bonchev–Trinajstić information content (AvgIpc) is 3.41. The second-order valence-corrected chi connectivity index (χ2v) is 19.9. The molecule has 0 bridgehead atoms. The van der Waals surface area contributed by atoms with Gasteiger partial charge in [-0.05, 0) is 141 Å². The third-order valence-electron chi connectivity index (χ3n) is 12.6. The topological polar surface area (TPSA) is 78.9 Å². The largest absolute Gasteiger partial charge is 0.462 e. The van der Waals surface area contributed by atoms with Gasteiger partial charge in [-0.25, -0.2) is 0 Å². The zero-order chi connectivity index (χ0) is 54.3. The van der Waals surface area contributed by atoms with E-state index in [1.165, 1.54) is 64.2 Å². The van der Waals surface area contributed by atoms with Crippen molar-refractivity contribution < 1.29 is 28.6 Å². The lowest BCUT2D eigenvalue weighted by Gasteiger charge is -2.18. The lowest BCUT2D eigenvalue weighted by atomic mass is 10.1. The molecule has 0 spiro atoms. The Balaban J connectivity index is 4.50. The standard InChI is InChI=1S/C69H112O6/c1-4-7-10-13-16-19-22-25-28-30-32-33-34-35-37-38-41-44-47-50-53-56-59-62-68(71)74-65-66(64-73-67(70)61-58-55-52-49-46-43-40-27-24-21-18-15-12-9-6-3)75-69(72)63-60-57-54-51-48-45-42-39-36-31-29-26-23-20-17-14-11-8-5-2/h7,10,16-21,25-29,32-33,35-37,39-41,44,66H,4-6,8-9,11-15,22-24,30-31,34,38,42-43,45-65H2,1-3H3/b10-7-,19-16-,20-17-,21-18-,28-25-,29-26-,33-32-,37-35-,39-36-,40-27-,44-41-. The van der Waals surface area contributed by atoms with Crippen LogP contribution in [-0.4, -0.2) is 37.2 Å². The summed E-state index contributed by atoms with van der Waals surface area (Å²) in [6.07, 6.45) is 87.2. The summed E-state index contributed by atoms with van der Waals surface area (Å²) in [5.41, 5.74) is 0. The Morgan fingerprint density at radius 1 is 0.280 bits per heavy atom. The van der Waals surface area contributed by atoms with Crippen LogP contribution >= 0.6 is 0 Å². The molecular weight excluding hydrogens is 925 g/mol. The third kappa shape index (κ3) is 60.3. The normalized spacial score (nSPS) is 13.1. The second kappa shape index (κ2) is 62.1. The van der Waals surface area contributed by atoms with E-state index in [1.54, 1.807) is 0 Å². The Morgan fingerprint density at radius 2 is 0.520 bits per heavy atom. The first-order valence-electron chi connectivity index (χ1n) is 30.7. The molecule has 0 amide bonds. The van der Waals surface area contributed by atoms with Gasteiger partial charge in [-0.1, -0.05) is 238 Å². The van der Waals surface area contributed by atoms with Crippen LogP contribution < -0.4 is 0 Å². The molecule has 0 heterocycles. The van der Waals surface area contributed by atoms with Crippen molar-refractivity contribution in [2.45, 2.75) is 271 Å². The lowest BCUT2D eigenvalue weighted by molar-refractivity contribution is -0.167. The van der Waals surface area contributed by atoms with Gasteiger partial charge in [-0.3, -0.25) is 14.4 Å². The Labute approximate surface area is 462 Å². The smallest absolute Gasteiger partial charge is 0.306 e. The van der Waals surface area contributed by atoms with Gasteiger partial charge in [-0.2, -0.15) is 0 Å². The molecule has 6 heteroatoms. The third-order valence-corrected chi connectivity index (χ3v) is 12.6. The summed E-state index contributed by atoms with van der Waals surface area (Å²) in [5.74, 6) is -0.955. The van der Waals surface area contributed by atoms with Gasteiger partial charge in [-0.15, -0.1) is 0 Å². The van der Waals surface area contributed by atoms with Gasteiger partial charge in [0.2, 0.25) is 0 Å². The number of ether oxygens (including phenoxy) is 3. The summed E-state index contributed by atoms with van der Waals surface area (Å²) in [6.45, 7) is 6.43. The van der Waals surface area contributed by atoms with E-state index in [2.05, 4.69) is 154 Å². The van der Waals surface area contributed by atoms with Crippen molar-refractivity contribution >= 4 is 17.9 Å².